The highest BCUT2D eigenvalue weighted by atomic mass is 16.5. The molecule has 2 aliphatic rings. The monoisotopic (exact) mass is 274 g/mol. The molecule has 0 heterocycles. The standard InChI is InChI=1S/C17H22O3/c1-20-12-16(10-11-16)13-6-2-3-7-14(13)17(15(18)19)8-4-5-9-17/h2-3,6-7H,4-5,8-12H2,1H3,(H,18,19). The van der Waals surface area contributed by atoms with Gasteiger partial charge in [0.1, 0.15) is 0 Å². The number of hydrogen-bond acceptors (Lipinski definition) is 2. The maximum absolute atomic E-state index is 12.0. The van der Waals surface area contributed by atoms with Gasteiger partial charge in [-0.05, 0) is 36.8 Å². The maximum Gasteiger partial charge on any atom is 0.314 e. The summed E-state index contributed by atoms with van der Waals surface area (Å²) < 4.78 is 5.39. The minimum absolute atomic E-state index is 0.0659. The van der Waals surface area contributed by atoms with E-state index >= 15 is 0 Å². The summed E-state index contributed by atoms with van der Waals surface area (Å²) in [7, 11) is 1.73. The molecule has 0 radical (unpaired) electrons. The first-order chi connectivity index (χ1) is 9.65. The number of carboxylic acids is 1. The van der Waals surface area contributed by atoms with E-state index in [0.29, 0.717) is 6.61 Å². The van der Waals surface area contributed by atoms with Crippen LogP contribution in [-0.2, 0) is 20.4 Å². The molecule has 0 aliphatic heterocycles. The van der Waals surface area contributed by atoms with Crippen molar-refractivity contribution in [2.24, 2.45) is 0 Å². The molecule has 1 N–H and O–H groups in total. The van der Waals surface area contributed by atoms with Gasteiger partial charge in [0.15, 0.2) is 0 Å². The van der Waals surface area contributed by atoms with Gasteiger partial charge in [0.05, 0.1) is 12.0 Å². The van der Waals surface area contributed by atoms with Gasteiger partial charge in [-0.3, -0.25) is 4.79 Å². The van der Waals surface area contributed by atoms with Crippen LogP contribution in [0.3, 0.4) is 0 Å². The van der Waals surface area contributed by atoms with Crippen molar-refractivity contribution in [3.63, 3.8) is 0 Å². The average molecular weight is 274 g/mol. The molecule has 108 valence electrons. The van der Waals surface area contributed by atoms with E-state index in [2.05, 4.69) is 6.07 Å². The third-order valence-electron chi connectivity index (χ3n) is 5.15. The molecule has 0 amide bonds. The first-order valence-corrected chi connectivity index (χ1v) is 7.47. The van der Waals surface area contributed by atoms with Crippen LogP contribution in [-0.4, -0.2) is 24.8 Å². The van der Waals surface area contributed by atoms with Crippen molar-refractivity contribution in [1.82, 2.24) is 0 Å². The molecule has 1 aromatic rings. The Morgan fingerprint density at radius 2 is 1.75 bits per heavy atom. The Hall–Kier alpha value is -1.35. The fourth-order valence-corrected chi connectivity index (χ4v) is 3.86. The van der Waals surface area contributed by atoms with Gasteiger partial charge >= 0.3 is 5.97 Å². The zero-order valence-corrected chi connectivity index (χ0v) is 12.0. The summed E-state index contributed by atoms with van der Waals surface area (Å²) >= 11 is 0. The molecule has 0 unspecified atom stereocenters. The Morgan fingerprint density at radius 1 is 1.15 bits per heavy atom. The van der Waals surface area contributed by atoms with Crippen LogP contribution in [0.5, 0.6) is 0 Å². The van der Waals surface area contributed by atoms with E-state index in [-0.39, 0.29) is 5.41 Å². The number of carboxylic acid groups (broad SMARTS) is 1. The predicted octanol–water partition coefficient (Wildman–Crippen LogP) is 3.26. The van der Waals surface area contributed by atoms with Crippen molar-refractivity contribution in [3.05, 3.63) is 35.4 Å². The zero-order chi connectivity index (χ0) is 14.2. The van der Waals surface area contributed by atoms with Crippen LogP contribution >= 0.6 is 0 Å². The number of rotatable bonds is 5. The highest BCUT2D eigenvalue weighted by Gasteiger charge is 2.51. The van der Waals surface area contributed by atoms with Gasteiger partial charge in [0, 0.05) is 12.5 Å². The number of methoxy groups -OCH3 is 1. The summed E-state index contributed by atoms with van der Waals surface area (Å²) in [6.45, 7) is 0.694. The van der Waals surface area contributed by atoms with Crippen molar-refractivity contribution in [2.75, 3.05) is 13.7 Å². The normalized spacial score (nSPS) is 22.6. The molecule has 0 spiro atoms. The molecule has 2 saturated carbocycles. The van der Waals surface area contributed by atoms with Gasteiger partial charge in [-0.1, -0.05) is 37.1 Å². The van der Waals surface area contributed by atoms with Gasteiger partial charge < -0.3 is 9.84 Å². The molecular weight excluding hydrogens is 252 g/mol. The first kappa shape index (κ1) is 13.6. The van der Waals surface area contributed by atoms with Gasteiger partial charge in [0.2, 0.25) is 0 Å². The van der Waals surface area contributed by atoms with Crippen molar-refractivity contribution in [2.45, 2.75) is 49.4 Å². The number of hydrogen-bond donors (Lipinski definition) is 1. The molecule has 2 aliphatic carbocycles. The SMILES string of the molecule is COCC1(c2ccccc2C2(C(=O)O)CCCC2)CC1. The zero-order valence-electron chi connectivity index (χ0n) is 12.0. The summed E-state index contributed by atoms with van der Waals surface area (Å²) in [6.07, 6.45) is 5.77. The molecular formula is C17H22O3. The summed E-state index contributed by atoms with van der Waals surface area (Å²) in [5.41, 5.74) is 1.65. The fourth-order valence-electron chi connectivity index (χ4n) is 3.86. The molecule has 0 saturated heterocycles. The maximum atomic E-state index is 12.0. The Bertz CT molecular complexity index is 511. The molecule has 0 bridgehead atoms. The molecule has 3 nitrogen and oxygen atoms in total. The lowest BCUT2D eigenvalue weighted by atomic mass is 9.73. The summed E-state index contributed by atoms with van der Waals surface area (Å²) in [5, 5.41) is 9.83. The minimum Gasteiger partial charge on any atom is -0.481 e. The van der Waals surface area contributed by atoms with Crippen LogP contribution in [0.1, 0.15) is 49.7 Å². The highest BCUT2D eigenvalue weighted by molar-refractivity contribution is 5.82. The lowest BCUT2D eigenvalue weighted by molar-refractivity contribution is -0.143. The van der Waals surface area contributed by atoms with Crippen molar-refractivity contribution in [3.8, 4) is 0 Å². The quantitative estimate of drug-likeness (QED) is 0.896. The van der Waals surface area contributed by atoms with Crippen molar-refractivity contribution >= 4 is 5.97 Å². The van der Waals surface area contributed by atoms with Crippen LogP contribution in [0.4, 0.5) is 0 Å². The Morgan fingerprint density at radius 3 is 2.25 bits per heavy atom. The average Bonchev–Trinajstić information content (AvgIpc) is 3.05. The van der Waals surface area contributed by atoms with E-state index in [4.69, 9.17) is 4.74 Å². The molecule has 0 atom stereocenters. The molecule has 3 heteroatoms. The largest absolute Gasteiger partial charge is 0.481 e. The van der Waals surface area contributed by atoms with Crippen LogP contribution in [0.2, 0.25) is 0 Å². The third kappa shape index (κ3) is 1.96. The highest BCUT2D eigenvalue weighted by Crippen LogP contribution is 2.53. The summed E-state index contributed by atoms with van der Waals surface area (Å²) in [4.78, 5) is 12.0. The van der Waals surface area contributed by atoms with E-state index < -0.39 is 11.4 Å². The van der Waals surface area contributed by atoms with Crippen molar-refractivity contribution in [1.29, 1.82) is 0 Å². The van der Waals surface area contributed by atoms with Gasteiger partial charge in [-0.25, -0.2) is 0 Å². The Balaban J connectivity index is 2.08. The second-order valence-electron chi connectivity index (χ2n) is 6.35. The molecule has 20 heavy (non-hydrogen) atoms. The van der Waals surface area contributed by atoms with Gasteiger partial charge in [-0.2, -0.15) is 0 Å². The second-order valence-corrected chi connectivity index (χ2v) is 6.35. The third-order valence-corrected chi connectivity index (χ3v) is 5.15. The lowest BCUT2D eigenvalue weighted by Crippen LogP contribution is -2.35. The number of benzene rings is 1. The van der Waals surface area contributed by atoms with Gasteiger partial charge in [-0.15, -0.1) is 0 Å². The predicted molar refractivity (Wildman–Crippen MR) is 77.0 cm³/mol. The van der Waals surface area contributed by atoms with E-state index in [1.54, 1.807) is 7.11 Å². The van der Waals surface area contributed by atoms with Crippen LogP contribution in [0, 0.1) is 0 Å². The topological polar surface area (TPSA) is 46.5 Å². The van der Waals surface area contributed by atoms with E-state index in [0.717, 1.165) is 44.1 Å². The smallest absolute Gasteiger partial charge is 0.314 e. The van der Waals surface area contributed by atoms with Crippen LogP contribution in [0.25, 0.3) is 0 Å². The number of carbonyl (C=O) groups is 1. The fraction of sp³-hybridized carbons (Fsp3) is 0.588. The van der Waals surface area contributed by atoms with E-state index in [1.807, 2.05) is 18.2 Å². The van der Waals surface area contributed by atoms with Gasteiger partial charge in [0.25, 0.3) is 0 Å². The number of ether oxygens (including phenoxy) is 1. The lowest BCUT2D eigenvalue weighted by Gasteiger charge is -2.30. The van der Waals surface area contributed by atoms with E-state index in [1.165, 1.54) is 5.56 Å². The van der Waals surface area contributed by atoms with Crippen molar-refractivity contribution < 1.29 is 14.6 Å². The molecule has 3 rings (SSSR count). The number of aliphatic carboxylic acids is 1. The van der Waals surface area contributed by atoms with Crippen LogP contribution in [0.15, 0.2) is 24.3 Å². The first-order valence-electron chi connectivity index (χ1n) is 7.47. The molecule has 2 fully saturated rings. The Kier molecular flexibility index (Phi) is 3.33. The minimum atomic E-state index is -0.667. The molecule has 1 aromatic carbocycles. The summed E-state index contributed by atoms with van der Waals surface area (Å²) in [5.74, 6) is -0.657. The summed E-state index contributed by atoms with van der Waals surface area (Å²) in [6, 6.07) is 8.15. The van der Waals surface area contributed by atoms with E-state index in [9.17, 15) is 9.90 Å². The second kappa shape index (κ2) is 4.88. The molecule has 0 aromatic heterocycles. The van der Waals surface area contributed by atoms with Crippen LogP contribution < -0.4 is 0 Å². The Labute approximate surface area is 120 Å².